The van der Waals surface area contributed by atoms with E-state index in [2.05, 4.69) is 0 Å². The Hall–Kier alpha value is -1.97. The number of rotatable bonds is 8. The zero-order valence-electron chi connectivity index (χ0n) is 15.3. The predicted molar refractivity (Wildman–Crippen MR) is 98.6 cm³/mol. The molecular formula is C22H28O4. The minimum atomic E-state index is -1.18. The Balaban J connectivity index is 1.45. The fourth-order valence-electron chi connectivity index (χ4n) is 4.19. The Kier molecular flexibility index (Phi) is 6.59. The summed E-state index contributed by atoms with van der Waals surface area (Å²) in [5.74, 6) is -1.70. The zero-order valence-corrected chi connectivity index (χ0v) is 15.3. The van der Waals surface area contributed by atoms with Crippen molar-refractivity contribution in [2.75, 3.05) is 0 Å². The van der Waals surface area contributed by atoms with Gasteiger partial charge in [-0.2, -0.15) is 0 Å². The number of ether oxygens (including phenoxy) is 1. The highest BCUT2D eigenvalue weighted by Crippen LogP contribution is 2.29. The van der Waals surface area contributed by atoms with Gasteiger partial charge in [0.2, 0.25) is 0 Å². The standard InChI is InChI=1S/C22H28O4/c23-18(13-7-12-16-8-3-1-4-9-16)20-21(24)19(26-22(20)25)15-14-17-10-5-2-6-11-17/h2,5-6,10-11,16,19-20H,1,3-4,7-9,12-15H2. The number of Topliss-reactive ketones (excluding diaryl/α,β-unsaturated/α-hetero) is 2. The molecule has 2 atom stereocenters. The van der Waals surface area contributed by atoms with Gasteiger partial charge in [0.15, 0.2) is 23.6 Å². The van der Waals surface area contributed by atoms with Crippen LogP contribution in [0.3, 0.4) is 0 Å². The molecule has 1 heterocycles. The fourth-order valence-corrected chi connectivity index (χ4v) is 4.19. The molecule has 4 nitrogen and oxygen atoms in total. The van der Waals surface area contributed by atoms with Crippen LogP contribution in [0.15, 0.2) is 30.3 Å². The highest BCUT2D eigenvalue weighted by Gasteiger charge is 2.46. The molecule has 0 spiro atoms. The topological polar surface area (TPSA) is 60.4 Å². The SMILES string of the molecule is O=C(CCCC1CCCCC1)C1C(=O)OC(CCc2ccccc2)C1=O. The van der Waals surface area contributed by atoms with Crippen molar-refractivity contribution in [2.24, 2.45) is 11.8 Å². The number of carbonyl (C=O) groups excluding carboxylic acids is 3. The summed E-state index contributed by atoms with van der Waals surface area (Å²) in [6.45, 7) is 0. The maximum Gasteiger partial charge on any atom is 0.325 e. The van der Waals surface area contributed by atoms with E-state index >= 15 is 0 Å². The minimum Gasteiger partial charge on any atom is -0.453 e. The second kappa shape index (κ2) is 9.11. The summed E-state index contributed by atoms with van der Waals surface area (Å²) in [4.78, 5) is 36.9. The van der Waals surface area contributed by atoms with Crippen molar-refractivity contribution < 1.29 is 19.1 Å². The summed E-state index contributed by atoms with van der Waals surface area (Å²) in [7, 11) is 0. The first-order valence-electron chi connectivity index (χ1n) is 9.96. The monoisotopic (exact) mass is 356 g/mol. The second-order valence-corrected chi connectivity index (χ2v) is 7.65. The van der Waals surface area contributed by atoms with E-state index in [0.717, 1.165) is 18.4 Å². The number of benzene rings is 1. The van der Waals surface area contributed by atoms with Crippen molar-refractivity contribution in [3.63, 3.8) is 0 Å². The van der Waals surface area contributed by atoms with E-state index < -0.39 is 18.0 Å². The van der Waals surface area contributed by atoms with E-state index in [4.69, 9.17) is 4.74 Å². The van der Waals surface area contributed by atoms with Gasteiger partial charge in [0.05, 0.1) is 0 Å². The maximum absolute atomic E-state index is 12.5. The lowest BCUT2D eigenvalue weighted by atomic mass is 9.85. The van der Waals surface area contributed by atoms with Crippen LogP contribution in [0, 0.1) is 11.8 Å². The molecule has 140 valence electrons. The molecule has 1 aliphatic carbocycles. The van der Waals surface area contributed by atoms with Gasteiger partial charge in [0, 0.05) is 6.42 Å². The van der Waals surface area contributed by atoms with Gasteiger partial charge in [-0.1, -0.05) is 68.9 Å². The summed E-state index contributed by atoms with van der Waals surface area (Å²) < 4.78 is 5.22. The first-order chi connectivity index (χ1) is 12.6. The third-order valence-corrected chi connectivity index (χ3v) is 5.72. The molecule has 26 heavy (non-hydrogen) atoms. The van der Waals surface area contributed by atoms with Crippen LogP contribution >= 0.6 is 0 Å². The number of aryl methyl sites for hydroxylation is 1. The molecule has 0 radical (unpaired) electrons. The molecule has 0 bridgehead atoms. The van der Waals surface area contributed by atoms with Crippen LogP contribution in [0.4, 0.5) is 0 Å². The molecule has 0 amide bonds. The van der Waals surface area contributed by atoms with Crippen LogP contribution in [0.2, 0.25) is 0 Å². The number of carbonyl (C=O) groups is 3. The molecule has 2 unspecified atom stereocenters. The van der Waals surface area contributed by atoms with E-state index in [1.54, 1.807) is 0 Å². The number of esters is 1. The van der Waals surface area contributed by atoms with Crippen molar-refractivity contribution in [1.82, 2.24) is 0 Å². The highest BCUT2D eigenvalue weighted by atomic mass is 16.6. The summed E-state index contributed by atoms with van der Waals surface area (Å²) in [5, 5.41) is 0. The van der Waals surface area contributed by atoms with Crippen molar-refractivity contribution in [3.8, 4) is 0 Å². The van der Waals surface area contributed by atoms with Crippen molar-refractivity contribution in [1.29, 1.82) is 0 Å². The van der Waals surface area contributed by atoms with E-state index in [-0.39, 0.29) is 11.6 Å². The number of cyclic esters (lactones) is 1. The first kappa shape index (κ1) is 18.8. The van der Waals surface area contributed by atoms with E-state index in [9.17, 15) is 14.4 Å². The van der Waals surface area contributed by atoms with Gasteiger partial charge in [-0.25, -0.2) is 0 Å². The largest absolute Gasteiger partial charge is 0.453 e. The molecule has 1 aromatic rings. The molecule has 1 saturated heterocycles. The lowest BCUT2D eigenvalue weighted by Gasteiger charge is -2.21. The van der Waals surface area contributed by atoms with Crippen LogP contribution in [-0.2, 0) is 25.5 Å². The molecule has 1 aromatic carbocycles. The van der Waals surface area contributed by atoms with E-state index in [1.807, 2.05) is 30.3 Å². The number of ketones is 2. The van der Waals surface area contributed by atoms with Gasteiger partial charge in [-0.3, -0.25) is 14.4 Å². The predicted octanol–water partition coefficient (Wildman–Crippen LogP) is 4.05. The quantitative estimate of drug-likeness (QED) is 0.521. The fraction of sp³-hybridized carbons (Fsp3) is 0.591. The summed E-state index contributed by atoms with van der Waals surface area (Å²) in [6.07, 6.45) is 8.84. The molecule has 2 fully saturated rings. The Morgan fingerprint density at radius 3 is 2.46 bits per heavy atom. The number of hydrogen-bond donors (Lipinski definition) is 0. The summed E-state index contributed by atoms with van der Waals surface area (Å²) in [6, 6.07) is 9.78. The second-order valence-electron chi connectivity index (χ2n) is 7.65. The Morgan fingerprint density at radius 1 is 1.00 bits per heavy atom. The third kappa shape index (κ3) is 4.80. The van der Waals surface area contributed by atoms with E-state index in [1.165, 1.54) is 32.1 Å². The lowest BCUT2D eigenvalue weighted by Crippen LogP contribution is -2.28. The first-order valence-corrected chi connectivity index (χ1v) is 9.96. The van der Waals surface area contributed by atoms with Crippen molar-refractivity contribution >= 4 is 17.5 Å². The summed E-state index contributed by atoms with van der Waals surface area (Å²) >= 11 is 0. The zero-order chi connectivity index (χ0) is 18.4. The van der Waals surface area contributed by atoms with Gasteiger partial charge in [-0.15, -0.1) is 0 Å². The van der Waals surface area contributed by atoms with Gasteiger partial charge in [0.1, 0.15) is 0 Å². The smallest absolute Gasteiger partial charge is 0.325 e. The average Bonchev–Trinajstić information content (AvgIpc) is 2.95. The normalized spacial score (nSPS) is 23.8. The van der Waals surface area contributed by atoms with Gasteiger partial charge >= 0.3 is 5.97 Å². The molecular weight excluding hydrogens is 328 g/mol. The maximum atomic E-state index is 12.5. The van der Waals surface area contributed by atoms with Crippen LogP contribution in [-0.4, -0.2) is 23.6 Å². The average molecular weight is 356 g/mol. The lowest BCUT2D eigenvalue weighted by molar-refractivity contribution is -0.147. The van der Waals surface area contributed by atoms with Gasteiger partial charge < -0.3 is 4.74 Å². The van der Waals surface area contributed by atoms with Gasteiger partial charge in [-0.05, 0) is 30.7 Å². The Labute approximate surface area is 155 Å². The van der Waals surface area contributed by atoms with Crippen LogP contribution in [0.1, 0.15) is 63.4 Å². The van der Waals surface area contributed by atoms with Crippen LogP contribution in [0.25, 0.3) is 0 Å². The molecule has 3 rings (SSSR count). The summed E-state index contributed by atoms with van der Waals surface area (Å²) in [5.41, 5.74) is 1.10. The van der Waals surface area contributed by atoms with Crippen LogP contribution in [0.5, 0.6) is 0 Å². The Morgan fingerprint density at radius 2 is 1.73 bits per heavy atom. The molecule has 0 aromatic heterocycles. The third-order valence-electron chi connectivity index (χ3n) is 5.72. The highest BCUT2D eigenvalue weighted by molar-refractivity contribution is 6.21. The molecule has 1 saturated carbocycles. The molecule has 4 heteroatoms. The van der Waals surface area contributed by atoms with E-state index in [0.29, 0.717) is 25.2 Å². The minimum absolute atomic E-state index is 0.252. The van der Waals surface area contributed by atoms with Crippen molar-refractivity contribution in [3.05, 3.63) is 35.9 Å². The molecule has 1 aliphatic heterocycles. The van der Waals surface area contributed by atoms with Crippen molar-refractivity contribution in [2.45, 2.75) is 70.3 Å². The number of hydrogen-bond acceptors (Lipinski definition) is 4. The van der Waals surface area contributed by atoms with Crippen LogP contribution < -0.4 is 0 Å². The van der Waals surface area contributed by atoms with Gasteiger partial charge in [0.25, 0.3) is 0 Å². The molecule has 2 aliphatic rings. The molecule has 0 N–H and O–H groups in total. The Bertz CT molecular complexity index is 631.